The highest BCUT2D eigenvalue weighted by molar-refractivity contribution is 7.94. The summed E-state index contributed by atoms with van der Waals surface area (Å²) in [5.74, 6) is 0.576. The number of hydrogen-bond donors (Lipinski definition) is 1. The lowest BCUT2D eigenvalue weighted by molar-refractivity contribution is 0.316. The number of benzene rings is 2. The van der Waals surface area contributed by atoms with Crippen LogP contribution in [0, 0.1) is 0 Å². The maximum atomic E-state index is 12.7. The molecule has 1 aliphatic rings. The van der Waals surface area contributed by atoms with Crippen molar-refractivity contribution >= 4 is 27.3 Å². The zero-order valence-corrected chi connectivity index (χ0v) is 13.9. The normalized spacial score (nSPS) is 13.9. The zero-order chi connectivity index (χ0) is 16.4. The van der Waals surface area contributed by atoms with Crippen LogP contribution in [0.15, 0.2) is 48.5 Å². The van der Waals surface area contributed by atoms with Gasteiger partial charge in [0.15, 0.2) is 0 Å². The van der Waals surface area contributed by atoms with Crippen LogP contribution in [0.5, 0.6) is 5.75 Å². The van der Waals surface area contributed by atoms with Crippen LogP contribution in [0.4, 0.5) is 17.1 Å². The monoisotopic (exact) mass is 333 g/mol. The molecule has 1 N–H and O–H groups in total. The smallest absolute Gasteiger partial charge is 0.324 e. The summed E-state index contributed by atoms with van der Waals surface area (Å²) in [6.07, 6.45) is 0. The number of hydrogen-bond acceptors (Lipinski definition) is 4. The number of anilines is 3. The third kappa shape index (κ3) is 3.19. The van der Waals surface area contributed by atoms with Crippen molar-refractivity contribution in [1.29, 1.82) is 0 Å². The molecule has 0 atom stereocenters. The van der Waals surface area contributed by atoms with Gasteiger partial charge in [-0.25, -0.2) is 4.31 Å². The predicted octanol–water partition coefficient (Wildman–Crippen LogP) is 2.31. The quantitative estimate of drug-likeness (QED) is 0.933. The van der Waals surface area contributed by atoms with Gasteiger partial charge in [-0.05, 0) is 36.4 Å². The van der Waals surface area contributed by atoms with Crippen molar-refractivity contribution in [1.82, 2.24) is 0 Å². The van der Waals surface area contributed by atoms with Gasteiger partial charge in [-0.2, -0.15) is 8.42 Å². The maximum absolute atomic E-state index is 12.7. The summed E-state index contributed by atoms with van der Waals surface area (Å²) in [4.78, 5) is 1.95. The van der Waals surface area contributed by atoms with Gasteiger partial charge in [0.25, 0.3) is 0 Å². The van der Waals surface area contributed by atoms with Crippen LogP contribution in [-0.2, 0) is 10.2 Å². The van der Waals surface area contributed by atoms with Crippen LogP contribution in [-0.4, -0.2) is 35.7 Å². The van der Waals surface area contributed by atoms with Gasteiger partial charge in [-0.15, -0.1) is 0 Å². The van der Waals surface area contributed by atoms with Gasteiger partial charge in [-0.1, -0.05) is 12.1 Å². The SMILES string of the molecule is CN(C)c1ccc(NS(=O)(=O)N2CCOc3ccccc32)cc1. The molecule has 0 unspecified atom stereocenters. The largest absolute Gasteiger partial charge is 0.489 e. The lowest BCUT2D eigenvalue weighted by Crippen LogP contribution is -2.41. The molecule has 0 radical (unpaired) electrons. The molecule has 0 saturated heterocycles. The second-order valence-corrected chi connectivity index (χ2v) is 7.03. The van der Waals surface area contributed by atoms with Crippen molar-refractivity contribution < 1.29 is 13.2 Å². The van der Waals surface area contributed by atoms with E-state index in [4.69, 9.17) is 4.74 Å². The number of ether oxygens (including phenoxy) is 1. The van der Waals surface area contributed by atoms with Crippen LogP contribution < -0.4 is 18.7 Å². The minimum absolute atomic E-state index is 0.280. The van der Waals surface area contributed by atoms with E-state index in [2.05, 4.69) is 4.72 Å². The Kier molecular flexibility index (Phi) is 4.04. The lowest BCUT2D eigenvalue weighted by atomic mass is 10.2. The Bertz CT molecular complexity index is 788. The van der Waals surface area contributed by atoms with E-state index in [1.54, 1.807) is 30.3 Å². The fourth-order valence-electron chi connectivity index (χ4n) is 2.43. The molecule has 7 heteroatoms. The molecular weight excluding hydrogens is 314 g/mol. The van der Waals surface area contributed by atoms with Crippen LogP contribution in [0.2, 0.25) is 0 Å². The Morgan fingerprint density at radius 3 is 2.48 bits per heavy atom. The van der Waals surface area contributed by atoms with Gasteiger partial charge >= 0.3 is 10.2 Å². The second-order valence-electron chi connectivity index (χ2n) is 5.44. The average molecular weight is 333 g/mol. The molecule has 0 bridgehead atoms. The molecule has 2 aromatic carbocycles. The first-order valence-corrected chi connectivity index (χ1v) is 8.71. The van der Waals surface area contributed by atoms with E-state index >= 15 is 0 Å². The van der Waals surface area contributed by atoms with Crippen LogP contribution >= 0.6 is 0 Å². The predicted molar refractivity (Wildman–Crippen MR) is 92.6 cm³/mol. The van der Waals surface area contributed by atoms with Crippen molar-refractivity contribution in [3.63, 3.8) is 0 Å². The first-order valence-electron chi connectivity index (χ1n) is 7.27. The average Bonchev–Trinajstić information content (AvgIpc) is 2.54. The molecule has 1 heterocycles. The molecule has 0 amide bonds. The highest BCUT2D eigenvalue weighted by Gasteiger charge is 2.28. The minimum Gasteiger partial charge on any atom is -0.489 e. The summed E-state index contributed by atoms with van der Waals surface area (Å²) in [5.41, 5.74) is 2.08. The van der Waals surface area contributed by atoms with E-state index in [1.165, 1.54) is 4.31 Å². The van der Waals surface area contributed by atoms with Gasteiger partial charge in [0.2, 0.25) is 0 Å². The summed E-state index contributed by atoms with van der Waals surface area (Å²) < 4.78 is 34.8. The molecule has 1 aliphatic heterocycles. The van der Waals surface area contributed by atoms with E-state index in [1.807, 2.05) is 37.2 Å². The van der Waals surface area contributed by atoms with Crippen LogP contribution in [0.1, 0.15) is 0 Å². The van der Waals surface area contributed by atoms with Gasteiger partial charge in [0, 0.05) is 19.8 Å². The van der Waals surface area contributed by atoms with E-state index in [0.717, 1.165) is 5.69 Å². The molecule has 0 aliphatic carbocycles. The Morgan fingerprint density at radius 2 is 1.78 bits per heavy atom. The molecule has 2 aromatic rings. The van der Waals surface area contributed by atoms with Gasteiger partial charge < -0.3 is 9.64 Å². The topological polar surface area (TPSA) is 61.9 Å². The van der Waals surface area contributed by atoms with E-state index < -0.39 is 10.2 Å². The molecule has 6 nitrogen and oxygen atoms in total. The van der Waals surface area contributed by atoms with Crippen molar-refractivity contribution in [2.45, 2.75) is 0 Å². The standard InChI is InChI=1S/C16H19N3O3S/c1-18(2)14-9-7-13(8-10-14)17-23(20,21)19-11-12-22-16-6-4-3-5-15(16)19/h3-10,17H,11-12H2,1-2H3. The van der Waals surface area contributed by atoms with Gasteiger partial charge in [0.05, 0.1) is 17.9 Å². The molecule has 0 aromatic heterocycles. The first-order chi connectivity index (χ1) is 11.0. The summed E-state index contributed by atoms with van der Waals surface area (Å²) >= 11 is 0. The van der Waals surface area contributed by atoms with Gasteiger partial charge in [-0.3, -0.25) is 4.72 Å². The summed E-state index contributed by atoms with van der Waals surface area (Å²) in [5, 5.41) is 0. The third-order valence-electron chi connectivity index (χ3n) is 3.61. The van der Waals surface area contributed by atoms with Crippen LogP contribution in [0.3, 0.4) is 0 Å². The number of nitrogens with zero attached hydrogens (tertiary/aromatic N) is 2. The summed E-state index contributed by atoms with van der Waals surface area (Å²) in [6, 6.07) is 14.4. The first kappa shape index (κ1) is 15.5. The Hall–Kier alpha value is -2.41. The number of rotatable bonds is 4. The lowest BCUT2D eigenvalue weighted by Gasteiger charge is -2.30. The minimum atomic E-state index is -3.69. The highest BCUT2D eigenvalue weighted by Crippen LogP contribution is 2.33. The van der Waals surface area contributed by atoms with E-state index in [9.17, 15) is 8.42 Å². The second kappa shape index (κ2) is 6.00. The van der Waals surface area contributed by atoms with Crippen molar-refractivity contribution in [2.75, 3.05) is 41.2 Å². The molecule has 0 spiro atoms. The maximum Gasteiger partial charge on any atom is 0.324 e. The van der Waals surface area contributed by atoms with E-state index in [0.29, 0.717) is 23.7 Å². The van der Waals surface area contributed by atoms with Crippen molar-refractivity contribution in [2.24, 2.45) is 0 Å². The number of nitrogens with one attached hydrogen (secondary N) is 1. The molecule has 23 heavy (non-hydrogen) atoms. The van der Waals surface area contributed by atoms with Crippen molar-refractivity contribution in [3.8, 4) is 5.75 Å². The molecule has 3 rings (SSSR count). The summed E-state index contributed by atoms with van der Waals surface area (Å²) in [6.45, 7) is 0.611. The molecule has 0 fully saturated rings. The number of fused-ring (bicyclic) bond motifs is 1. The molecule has 122 valence electrons. The van der Waals surface area contributed by atoms with E-state index in [-0.39, 0.29) is 6.54 Å². The zero-order valence-electron chi connectivity index (χ0n) is 13.1. The molecule has 0 saturated carbocycles. The number of para-hydroxylation sites is 2. The fourth-order valence-corrected chi connectivity index (χ4v) is 3.69. The Morgan fingerprint density at radius 1 is 1.09 bits per heavy atom. The highest BCUT2D eigenvalue weighted by atomic mass is 32.2. The van der Waals surface area contributed by atoms with Crippen LogP contribution in [0.25, 0.3) is 0 Å². The Balaban J connectivity index is 1.85. The van der Waals surface area contributed by atoms with Crippen molar-refractivity contribution in [3.05, 3.63) is 48.5 Å². The summed E-state index contributed by atoms with van der Waals surface area (Å²) in [7, 11) is 0.176. The molecular formula is C16H19N3O3S. The van der Waals surface area contributed by atoms with Gasteiger partial charge in [0.1, 0.15) is 12.4 Å². The third-order valence-corrected chi connectivity index (χ3v) is 5.06. The Labute approximate surface area is 136 Å². The fraction of sp³-hybridized carbons (Fsp3) is 0.250.